The van der Waals surface area contributed by atoms with Crippen molar-refractivity contribution >= 4 is 35.0 Å². The van der Waals surface area contributed by atoms with Crippen LogP contribution in [0, 0.1) is 0 Å². The number of carbonyl (C=O) groups excluding carboxylic acids is 1. The van der Waals surface area contributed by atoms with Crippen LogP contribution >= 0.6 is 23.4 Å². The summed E-state index contributed by atoms with van der Waals surface area (Å²) in [5.74, 6) is 1.57. The smallest absolute Gasteiger partial charge is 0.234 e. The van der Waals surface area contributed by atoms with Gasteiger partial charge >= 0.3 is 0 Å². The van der Waals surface area contributed by atoms with Crippen LogP contribution in [0.4, 0.5) is 5.69 Å². The van der Waals surface area contributed by atoms with Crippen molar-refractivity contribution in [2.45, 2.75) is 4.90 Å². The predicted molar refractivity (Wildman–Crippen MR) is 105 cm³/mol. The van der Waals surface area contributed by atoms with Crippen molar-refractivity contribution in [3.63, 3.8) is 0 Å². The molecule has 138 valence electrons. The lowest BCUT2D eigenvalue weighted by molar-refractivity contribution is -0.113. The van der Waals surface area contributed by atoms with Crippen LogP contribution in [0.3, 0.4) is 0 Å². The van der Waals surface area contributed by atoms with Gasteiger partial charge in [-0.2, -0.15) is 5.10 Å². The first-order valence-electron chi connectivity index (χ1n) is 8.31. The van der Waals surface area contributed by atoms with Gasteiger partial charge in [-0.1, -0.05) is 11.6 Å². The molecule has 3 aromatic rings. The highest BCUT2D eigenvalue weighted by atomic mass is 35.5. The SMILES string of the molecule is O=C(CSc1ccc2c(c1)OCCO2)Nc1cc(Cl)ccc1-n1cccn1. The molecule has 1 aliphatic heterocycles. The molecule has 0 spiro atoms. The molecule has 0 saturated carbocycles. The van der Waals surface area contributed by atoms with E-state index in [1.165, 1.54) is 11.8 Å². The molecule has 4 rings (SSSR count). The Hall–Kier alpha value is -2.64. The van der Waals surface area contributed by atoms with Crippen molar-refractivity contribution < 1.29 is 14.3 Å². The summed E-state index contributed by atoms with van der Waals surface area (Å²) in [5.41, 5.74) is 1.36. The van der Waals surface area contributed by atoms with E-state index in [0.717, 1.165) is 16.3 Å². The molecule has 0 unspecified atom stereocenters. The molecule has 8 heteroatoms. The van der Waals surface area contributed by atoms with Gasteiger partial charge in [-0.25, -0.2) is 4.68 Å². The lowest BCUT2D eigenvalue weighted by atomic mass is 10.2. The monoisotopic (exact) mass is 401 g/mol. The maximum Gasteiger partial charge on any atom is 0.234 e. The van der Waals surface area contributed by atoms with E-state index in [-0.39, 0.29) is 11.7 Å². The lowest BCUT2D eigenvalue weighted by Crippen LogP contribution is -2.16. The number of aromatic nitrogens is 2. The van der Waals surface area contributed by atoms with Crippen molar-refractivity contribution in [2.75, 3.05) is 24.3 Å². The highest BCUT2D eigenvalue weighted by molar-refractivity contribution is 8.00. The first kappa shape index (κ1) is 17.8. The fraction of sp³-hybridized carbons (Fsp3) is 0.158. The first-order valence-corrected chi connectivity index (χ1v) is 9.67. The van der Waals surface area contributed by atoms with Gasteiger partial charge in [-0.05, 0) is 42.5 Å². The van der Waals surface area contributed by atoms with Gasteiger partial charge in [0.2, 0.25) is 5.91 Å². The number of hydrogen-bond donors (Lipinski definition) is 1. The average Bonchev–Trinajstić information content (AvgIpc) is 3.21. The summed E-state index contributed by atoms with van der Waals surface area (Å²) in [6.07, 6.45) is 3.49. The number of anilines is 1. The average molecular weight is 402 g/mol. The Kier molecular flexibility index (Phi) is 5.22. The van der Waals surface area contributed by atoms with E-state index in [0.29, 0.717) is 29.7 Å². The van der Waals surface area contributed by atoms with Crippen molar-refractivity contribution in [1.82, 2.24) is 9.78 Å². The van der Waals surface area contributed by atoms with Gasteiger partial charge in [0.1, 0.15) is 13.2 Å². The van der Waals surface area contributed by atoms with E-state index in [9.17, 15) is 4.79 Å². The predicted octanol–water partition coefficient (Wildman–Crippen LogP) is 4.03. The molecule has 0 bridgehead atoms. The van der Waals surface area contributed by atoms with Gasteiger partial charge in [0, 0.05) is 22.3 Å². The Morgan fingerprint density at radius 3 is 2.85 bits per heavy atom. The van der Waals surface area contributed by atoms with Gasteiger partial charge in [-0.15, -0.1) is 11.8 Å². The second kappa shape index (κ2) is 7.94. The van der Waals surface area contributed by atoms with Gasteiger partial charge in [0.25, 0.3) is 0 Å². The zero-order valence-electron chi connectivity index (χ0n) is 14.2. The van der Waals surface area contributed by atoms with E-state index < -0.39 is 0 Å². The molecule has 27 heavy (non-hydrogen) atoms. The Bertz CT molecular complexity index is 963. The Labute approximate surface area is 165 Å². The number of nitrogens with zero attached hydrogens (tertiary/aromatic N) is 2. The number of amides is 1. The molecule has 0 atom stereocenters. The molecule has 1 N–H and O–H groups in total. The lowest BCUT2D eigenvalue weighted by Gasteiger charge is -2.18. The molecular weight excluding hydrogens is 386 g/mol. The number of thioether (sulfide) groups is 1. The van der Waals surface area contributed by atoms with Crippen LogP contribution in [0.5, 0.6) is 11.5 Å². The summed E-state index contributed by atoms with van der Waals surface area (Å²) in [5, 5.41) is 7.66. The van der Waals surface area contributed by atoms with Crippen LogP contribution < -0.4 is 14.8 Å². The number of rotatable bonds is 5. The molecule has 2 aromatic carbocycles. The molecule has 1 aliphatic rings. The number of carbonyl (C=O) groups is 1. The fourth-order valence-electron chi connectivity index (χ4n) is 2.67. The van der Waals surface area contributed by atoms with Gasteiger partial charge in [0.05, 0.1) is 17.1 Å². The van der Waals surface area contributed by atoms with Gasteiger partial charge < -0.3 is 14.8 Å². The summed E-state index contributed by atoms with van der Waals surface area (Å²) in [7, 11) is 0. The number of nitrogens with one attached hydrogen (secondary N) is 1. The zero-order chi connectivity index (χ0) is 18.6. The van der Waals surface area contributed by atoms with E-state index in [1.807, 2.05) is 36.5 Å². The third-order valence-electron chi connectivity index (χ3n) is 3.87. The molecule has 0 fully saturated rings. The van der Waals surface area contributed by atoms with E-state index in [2.05, 4.69) is 10.4 Å². The molecular formula is C19H16ClN3O3S. The minimum absolute atomic E-state index is 0.134. The Balaban J connectivity index is 1.43. The molecule has 0 aliphatic carbocycles. The van der Waals surface area contributed by atoms with E-state index >= 15 is 0 Å². The Morgan fingerprint density at radius 2 is 2.04 bits per heavy atom. The van der Waals surface area contributed by atoms with Crippen molar-refractivity contribution in [2.24, 2.45) is 0 Å². The summed E-state index contributed by atoms with van der Waals surface area (Å²) in [6.45, 7) is 1.09. The second-order valence-corrected chi connectivity index (χ2v) is 7.24. The van der Waals surface area contributed by atoms with Crippen LogP contribution in [0.1, 0.15) is 0 Å². The maximum atomic E-state index is 12.4. The number of benzene rings is 2. The highest BCUT2D eigenvalue weighted by Gasteiger charge is 2.14. The third kappa shape index (κ3) is 4.20. The van der Waals surface area contributed by atoms with Gasteiger partial charge in [-0.3, -0.25) is 4.79 Å². The molecule has 1 aromatic heterocycles. The summed E-state index contributed by atoms with van der Waals surface area (Å²) in [6, 6.07) is 12.8. The second-order valence-electron chi connectivity index (χ2n) is 5.75. The molecule has 0 radical (unpaired) electrons. The summed E-state index contributed by atoms with van der Waals surface area (Å²) in [4.78, 5) is 13.4. The van der Waals surface area contributed by atoms with Crippen molar-refractivity contribution in [3.8, 4) is 17.2 Å². The van der Waals surface area contributed by atoms with Crippen LogP contribution in [0.15, 0.2) is 59.8 Å². The minimum atomic E-state index is -0.134. The molecule has 2 heterocycles. The maximum absolute atomic E-state index is 12.4. The molecule has 0 saturated heterocycles. The van der Waals surface area contributed by atoms with Crippen LogP contribution in [-0.2, 0) is 4.79 Å². The van der Waals surface area contributed by atoms with Crippen LogP contribution in [0.25, 0.3) is 5.69 Å². The normalized spacial score (nSPS) is 12.6. The third-order valence-corrected chi connectivity index (χ3v) is 5.10. The largest absolute Gasteiger partial charge is 0.486 e. The van der Waals surface area contributed by atoms with E-state index in [4.69, 9.17) is 21.1 Å². The number of hydrogen-bond acceptors (Lipinski definition) is 5. The summed E-state index contributed by atoms with van der Waals surface area (Å²) >= 11 is 7.52. The first-order chi connectivity index (χ1) is 13.2. The van der Waals surface area contributed by atoms with Crippen LogP contribution in [-0.4, -0.2) is 34.7 Å². The number of fused-ring (bicyclic) bond motifs is 1. The highest BCUT2D eigenvalue weighted by Crippen LogP contribution is 2.34. The molecule has 1 amide bonds. The van der Waals surface area contributed by atoms with Crippen LogP contribution in [0.2, 0.25) is 5.02 Å². The molecule has 6 nitrogen and oxygen atoms in total. The Morgan fingerprint density at radius 1 is 1.19 bits per heavy atom. The van der Waals surface area contributed by atoms with Gasteiger partial charge in [0.15, 0.2) is 11.5 Å². The fourth-order valence-corrected chi connectivity index (χ4v) is 3.56. The number of halogens is 1. The van der Waals surface area contributed by atoms with Crippen molar-refractivity contribution in [3.05, 3.63) is 59.9 Å². The standard InChI is InChI=1S/C19H16ClN3O3S/c20-13-2-4-16(23-7-1-6-21-23)15(10-13)22-19(24)12-27-14-3-5-17-18(11-14)26-9-8-25-17/h1-7,10-11H,8-9,12H2,(H,22,24). The zero-order valence-corrected chi connectivity index (χ0v) is 15.8. The minimum Gasteiger partial charge on any atom is -0.486 e. The van der Waals surface area contributed by atoms with Crippen molar-refractivity contribution in [1.29, 1.82) is 0 Å². The van der Waals surface area contributed by atoms with E-state index in [1.54, 1.807) is 23.0 Å². The number of ether oxygens (including phenoxy) is 2. The summed E-state index contributed by atoms with van der Waals surface area (Å²) < 4.78 is 12.8. The topological polar surface area (TPSA) is 65.4 Å². The quantitative estimate of drug-likeness (QED) is 0.654.